The lowest BCUT2D eigenvalue weighted by Gasteiger charge is -2.19. The number of nitrogens with one attached hydrogen (secondary N) is 3. The summed E-state index contributed by atoms with van der Waals surface area (Å²) in [5.41, 5.74) is 0.367. The van der Waals surface area contributed by atoms with Gasteiger partial charge in [-0.1, -0.05) is 35.6 Å². The van der Waals surface area contributed by atoms with Crippen molar-refractivity contribution >= 4 is 41.2 Å². The maximum atomic E-state index is 12.2. The first kappa shape index (κ1) is 27.6. The molecule has 2 amide bonds. The second-order valence-corrected chi connectivity index (χ2v) is 10.6. The number of hydrogen-bond donors (Lipinski definition) is 5. The molecule has 0 aliphatic rings. The van der Waals surface area contributed by atoms with Crippen molar-refractivity contribution in [2.24, 2.45) is 0 Å². The second kappa shape index (κ2) is 11.7. The molecule has 10 nitrogen and oxygen atoms in total. The highest BCUT2D eigenvalue weighted by atomic mass is 32.1. The monoisotopic (exact) mass is 492 g/mol. The molecule has 0 bridgehead atoms. The van der Waals surface area contributed by atoms with Crippen molar-refractivity contribution in [3.63, 3.8) is 0 Å². The number of benzene rings is 1. The molecule has 2 rings (SSSR count). The number of carbonyl (C=O) groups excluding carboxylic acids is 2. The van der Waals surface area contributed by atoms with Crippen LogP contribution in [0, 0.1) is 0 Å². The van der Waals surface area contributed by atoms with Gasteiger partial charge in [0.05, 0.1) is 5.69 Å². The van der Waals surface area contributed by atoms with Crippen molar-refractivity contribution < 1.29 is 29.1 Å². The van der Waals surface area contributed by atoms with E-state index in [4.69, 9.17) is 9.47 Å². The Morgan fingerprint density at radius 2 is 1.68 bits per heavy atom. The summed E-state index contributed by atoms with van der Waals surface area (Å²) in [6.45, 7) is 11.9. The van der Waals surface area contributed by atoms with Crippen LogP contribution in [0.1, 0.15) is 46.4 Å². The largest absolute Gasteiger partial charge is 0.488 e. The number of thiazole rings is 1. The molecule has 5 N–H and O–H groups in total. The molecular formula is C22H33BN4O6S. The fourth-order valence-electron chi connectivity index (χ4n) is 2.76. The maximum Gasteiger partial charge on any atom is 0.488 e. The molecule has 0 saturated heterocycles. The van der Waals surface area contributed by atoms with E-state index in [1.807, 2.05) is 0 Å². The van der Waals surface area contributed by atoms with Crippen LogP contribution in [0.3, 0.4) is 0 Å². The summed E-state index contributed by atoms with van der Waals surface area (Å²) in [5, 5.41) is 27.9. The van der Waals surface area contributed by atoms with Gasteiger partial charge in [-0.15, -0.1) is 0 Å². The summed E-state index contributed by atoms with van der Waals surface area (Å²) in [6, 6.07) is 6.73. The Kier molecular flexibility index (Phi) is 9.45. The lowest BCUT2D eigenvalue weighted by Crippen LogP contribution is -2.36. The first-order chi connectivity index (χ1) is 15.7. The zero-order valence-corrected chi connectivity index (χ0v) is 21.2. The van der Waals surface area contributed by atoms with Crippen LogP contribution in [-0.2, 0) is 16.0 Å². The summed E-state index contributed by atoms with van der Waals surface area (Å²) >= 11 is 1.27. The number of carbonyl (C=O) groups is 2. The Morgan fingerprint density at radius 3 is 2.29 bits per heavy atom. The topological polar surface area (TPSA) is 142 Å². The van der Waals surface area contributed by atoms with Gasteiger partial charge < -0.3 is 30.2 Å². The number of rotatable bonds is 8. The molecule has 186 valence electrons. The van der Waals surface area contributed by atoms with E-state index in [0.717, 1.165) is 4.88 Å². The van der Waals surface area contributed by atoms with Crippen molar-refractivity contribution in [2.75, 3.05) is 18.4 Å². The van der Waals surface area contributed by atoms with Gasteiger partial charge in [-0.3, -0.25) is 5.32 Å². The minimum absolute atomic E-state index is 0.327. The third-order valence-corrected chi connectivity index (χ3v) is 4.99. The van der Waals surface area contributed by atoms with Gasteiger partial charge in [-0.05, 0) is 47.0 Å². The average Bonchev–Trinajstić information content (AvgIpc) is 3.07. The van der Waals surface area contributed by atoms with Crippen LogP contribution in [0.2, 0.25) is 0 Å². The first-order valence-corrected chi connectivity index (χ1v) is 11.7. The molecule has 0 spiro atoms. The minimum atomic E-state index is -1.61. The van der Waals surface area contributed by atoms with Crippen molar-refractivity contribution in [2.45, 2.75) is 59.3 Å². The van der Waals surface area contributed by atoms with Crippen molar-refractivity contribution in [3.05, 3.63) is 29.1 Å². The molecule has 0 radical (unpaired) electrons. The van der Waals surface area contributed by atoms with E-state index in [0.29, 0.717) is 41.5 Å². The third kappa shape index (κ3) is 9.68. The predicted octanol–water partition coefficient (Wildman–Crippen LogP) is 2.45. The lowest BCUT2D eigenvalue weighted by molar-refractivity contribution is 0.0527. The van der Waals surface area contributed by atoms with E-state index in [2.05, 4.69) is 20.9 Å². The van der Waals surface area contributed by atoms with Gasteiger partial charge in [-0.2, -0.15) is 0 Å². The number of alkyl carbamates (subject to hydrolysis) is 1. The van der Waals surface area contributed by atoms with Crippen molar-refractivity contribution in [1.29, 1.82) is 0 Å². The highest BCUT2D eigenvalue weighted by Gasteiger charge is 2.21. The normalized spacial score (nSPS) is 11.6. The molecule has 0 aliphatic carbocycles. The Morgan fingerprint density at radius 1 is 1.03 bits per heavy atom. The molecule has 0 unspecified atom stereocenters. The number of nitrogens with zero attached hydrogens (tertiary/aromatic N) is 1. The zero-order chi connectivity index (χ0) is 25.5. The zero-order valence-electron chi connectivity index (χ0n) is 20.4. The Bertz CT molecular complexity index is 985. The maximum absolute atomic E-state index is 12.2. The molecule has 1 aromatic carbocycles. The Hall–Kier alpha value is -2.67. The summed E-state index contributed by atoms with van der Waals surface area (Å²) in [4.78, 5) is 29.3. The molecule has 12 heteroatoms. The molecule has 0 saturated carbocycles. The van der Waals surface area contributed by atoms with Gasteiger partial charge in [0, 0.05) is 30.1 Å². The second-order valence-electron chi connectivity index (χ2n) is 9.52. The van der Waals surface area contributed by atoms with Gasteiger partial charge >= 0.3 is 19.3 Å². The van der Waals surface area contributed by atoms with Crippen LogP contribution in [0.4, 0.5) is 14.7 Å². The summed E-state index contributed by atoms with van der Waals surface area (Å²) in [7, 11) is -1.61. The first-order valence-electron chi connectivity index (χ1n) is 10.9. The molecule has 1 heterocycles. The van der Waals surface area contributed by atoms with Crippen LogP contribution in [0.5, 0.6) is 0 Å². The van der Waals surface area contributed by atoms with Crippen LogP contribution in [0.15, 0.2) is 24.3 Å². The molecule has 0 aliphatic heterocycles. The Labute approximate surface area is 204 Å². The van der Waals surface area contributed by atoms with Gasteiger partial charge in [0.2, 0.25) is 0 Å². The molecule has 0 atom stereocenters. The molecular weight excluding hydrogens is 459 g/mol. The number of anilines is 1. The average molecular weight is 492 g/mol. The van der Waals surface area contributed by atoms with Gasteiger partial charge in [-0.25, -0.2) is 14.6 Å². The van der Waals surface area contributed by atoms with Gasteiger partial charge in [0.15, 0.2) is 5.13 Å². The number of amides is 2. The molecule has 34 heavy (non-hydrogen) atoms. The fraction of sp³-hybridized carbons (Fsp3) is 0.500. The van der Waals surface area contributed by atoms with Gasteiger partial charge in [0.25, 0.3) is 0 Å². The highest BCUT2D eigenvalue weighted by molar-refractivity contribution is 7.16. The predicted molar refractivity (Wildman–Crippen MR) is 133 cm³/mol. The Balaban J connectivity index is 2.11. The van der Waals surface area contributed by atoms with Crippen molar-refractivity contribution in [1.82, 2.24) is 15.6 Å². The number of ether oxygens (including phenoxy) is 2. The third-order valence-electron chi connectivity index (χ3n) is 4.02. The summed E-state index contributed by atoms with van der Waals surface area (Å²) < 4.78 is 10.5. The van der Waals surface area contributed by atoms with E-state index in [1.54, 1.807) is 65.8 Å². The van der Waals surface area contributed by atoms with Crippen molar-refractivity contribution in [3.8, 4) is 11.3 Å². The number of hydrogen-bond acceptors (Lipinski definition) is 9. The van der Waals surface area contributed by atoms with E-state index in [1.165, 1.54) is 11.3 Å². The number of aromatic nitrogens is 1. The smallest absolute Gasteiger partial charge is 0.444 e. The van der Waals surface area contributed by atoms with E-state index < -0.39 is 30.5 Å². The highest BCUT2D eigenvalue weighted by Crippen LogP contribution is 2.31. The van der Waals surface area contributed by atoms with E-state index in [-0.39, 0.29) is 0 Å². The van der Waals surface area contributed by atoms with Crippen LogP contribution in [-0.4, -0.2) is 58.6 Å². The van der Waals surface area contributed by atoms with E-state index in [9.17, 15) is 19.6 Å². The van der Waals surface area contributed by atoms with Crippen LogP contribution < -0.4 is 21.4 Å². The summed E-state index contributed by atoms with van der Waals surface area (Å²) in [6.07, 6.45) is -1.11. The summed E-state index contributed by atoms with van der Waals surface area (Å²) in [5.74, 6) is 0. The van der Waals surface area contributed by atoms with Crippen LogP contribution in [0.25, 0.3) is 11.3 Å². The lowest BCUT2D eigenvalue weighted by atomic mass is 9.79. The SMILES string of the molecule is CC(C)(C)OC(=O)NCCNCc1sc(NC(=O)OC(C)(C)C)nc1-c1cccc(B(O)O)c1. The molecule has 2 aromatic rings. The molecule has 1 aromatic heterocycles. The van der Waals surface area contributed by atoms with Crippen LogP contribution >= 0.6 is 11.3 Å². The van der Waals surface area contributed by atoms with E-state index >= 15 is 0 Å². The molecule has 0 fully saturated rings. The fourth-order valence-corrected chi connectivity index (χ4v) is 3.70. The van der Waals surface area contributed by atoms with Gasteiger partial charge in [0.1, 0.15) is 11.2 Å². The standard InChI is InChI=1S/C22H33BN4O6S/c1-21(2,3)32-19(28)25-11-10-24-13-16-17(14-8-7-9-15(12-14)23(30)31)26-18(34-16)27-20(29)33-22(4,5)6/h7-9,12,24,30-31H,10-11,13H2,1-6H3,(H,25,28)(H,26,27,29). The quantitative estimate of drug-likeness (QED) is 0.280. The minimum Gasteiger partial charge on any atom is -0.444 e.